The Labute approximate surface area is 98.1 Å². The average Bonchev–Trinajstić information content (AvgIpc) is 2.64. The third-order valence-corrected chi connectivity index (χ3v) is 2.26. The van der Waals surface area contributed by atoms with E-state index in [0.717, 1.165) is 11.5 Å². The first kappa shape index (κ1) is 10.9. The number of anilines is 1. The molecule has 84 valence electrons. The lowest BCUT2D eigenvalue weighted by Crippen LogP contribution is -2.17. The normalized spacial score (nSPS) is 10.4. The highest BCUT2D eigenvalue weighted by Gasteiger charge is 2.07. The molecular weight excluding hydrogens is 228 g/mol. The van der Waals surface area contributed by atoms with E-state index in [1.165, 1.54) is 0 Å². The van der Waals surface area contributed by atoms with Crippen LogP contribution in [0.1, 0.15) is 11.5 Å². The van der Waals surface area contributed by atoms with Gasteiger partial charge in [-0.3, -0.25) is 0 Å². The van der Waals surface area contributed by atoms with Gasteiger partial charge in [0.1, 0.15) is 11.5 Å². The number of hydrogen-bond donors (Lipinski definition) is 0. The molecule has 2 rings (SSSR count). The number of aryl methyl sites for hydroxylation is 1. The quantitative estimate of drug-likeness (QED) is 0.819. The summed E-state index contributed by atoms with van der Waals surface area (Å²) in [7, 11) is 1.89. The van der Waals surface area contributed by atoms with Crippen molar-refractivity contribution in [2.24, 2.45) is 0 Å². The zero-order valence-corrected chi connectivity index (χ0v) is 9.77. The smallest absolute Gasteiger partial charge is 0.244 e. The van der Waals surface area contributed by atoms with Crippen molar-refractivity contribution in [3.05, 3.63) is 35.1 Å². The molecule has 0 aliphatic heterocycles. The molecule has 0 aliphatic carbocycles. The topological polar surface area (TPSA) is 55.1 Å². The number of rotatable bonds is 3. The molecule has 0 atom stereocenters. The molecule has 2 aromatic rings. The minimum Gasteiger partial charge on any atom is -0.464 e. The summed E-state index contributed by atoms with van der Waals surface area (Å²) in [5.74, 6) is 2.42. The molecule has 16 heavy (non-hydrogen) atoms. The lowest BCUT2D eigenvalue weighted by atomic mass is 10.4. The summed E-state index contributed by atoms with van der Waals surface area (Å²) in [4.78, 5) is 5.94. The standard InChI is InChI=1S/C10H11ClN4O/c1-7-3-4-8(16-7)6-15(2)9-5-12-14-10(11)13-9/h3-5H,6H2,1-2H3. The third kappa shape index (κ3) is 2.49. The van der Waals surface area contributed by atoms with Gasteiger partial charge in [0.2, 0.25) is 5.28 Å². The van der Waals surface area contributed by atoms with Crippen LogP contribution >= 0.6 is 11.6 Å². The SMILES string of the molecule is Cc1ccc(CN(C)c2cnnc(Cl)n2)o1. The van der Waals surface area contributed by atoms with Crippen LogP contribution in [-0.4, -0.2) is 22.2 Å². The van der Waals surface area contributed by atoms with Gasteiger partial charge in [0, 0.05) is 7.05 Å². The van der Waals surface area contributed by atoms with E-state index >= 15 is 0 Å². The van der Waals surface area contributed by atoms with Gasteiger partial charge < -0.3 is 9.32 Å². The number of aromatic nitrogens is 3. The van der Waals surface area contributed by atoms with Gasteiger partial charge in [0.15, 0.2) is 5.82 Å². The Balaban J connectivity index is 2.11. The van der Waals surface area contributed by atoms with E-state index in [0.29, 0.717) is 12.4 Å². The molecule has 0 aromatic carbocycles. The van der Waals surface area contributed by atoms with Gasteiger partial charge in [-0.05, 0) is 30.7 Å². The lowest BCUT2D eigenvalue weighted by molar-refractivity contribution is 0.481. The molecular formula is C10H11ClN4O. The first-order chi connectivity index (χ1) is 7.65. The first-order valence-corrected chi connectivity index (χ1v) is 5.14. The minimum atomic E-state index is 0.139. The molecule has 0 bridgehead atoms. The summed E-state index contributed by atoms with van der Waals surface area (Å²) >= 11 is 5.66. The minimum absolute atomic E-state index is 0.139. The van der Waals surface area contributed by atoms with E-state index in [1.807, 2.05) is 31.0 Å². The molecule has 6 heteroatoms. The molecule has 2 heterocycles. The van der Waals surface area contributed by atoms with E-state index < -0.39 is 0 Å². The van der Waals surface area contributed by atoms with Gasteiger partial charge in [0.25, 0.3) is 0 Å². The highest BCUT2D eigenvalue weighted by molar-refractivity contribution is 6.28. The van der Waals surface area contributed by atoms with E-state index in [2.05, 4.69) is 15.2 Å². The molecule has 0 N–H and O–H groups in total. The third-order valence-electron chi connectivity index (χ3n) is 2.10. The Bertz CT molecular complexity index is 485. The van der Waals surface area contributed by atoms with Gasteiger partial charge in [-0.15, -0.1) is 5.10 Å². The molecule has 2 aromatic heterocycles. The zero-order chi connectivity index (χ0) is 11.5. The molecule has 0 radical (unpaired) electrons. The summed E-state index contributed by atoms with van der Waals surface area (Å²) in [6.45, 7) is 2.52. The van der Waals surface area contributed by atoms with Crippen molar-refractivity contribution in [3.8, 4) is 0 Å². The van der Waals surface area contributed by atoms with Crippen molar-refractivity contribution >= 4 is 17.4 Å². The van der Waals surface area contributed by atoms with Crippen LogP contribution in [0.2, 0.25) is 5.28 Å². The second kappa shape index (κ2) is 4.49. The van der Waals surface area contributed by atoms with Crippen LogP contribution in [0.15, 0.2) is 22.7 Å². The van der Waals surface area contributed by atoms with E-state index in [9.17, 15) is 0 Å². The first-order valence-electron chi connectivity index (χ1n) is 4.77. The second-order valence-electron chi connectivity index (χ2n) is 3.45. The molecule has 0 unspecified atom stereocenters. The molecule has 0 fully saturated rings. The zero-order valence-electron chi connectivity index (χ0n) is 9.01. The van der Waals surface area contributed by atoms with Gasteiger partial charge >= 0.3 is 0 Å². The highest BCUT2D eigenvalue weighted by Crippen LogP contribution is 2.14. The van der Waals surface area contributed by atoms with Crippen LogP contribution in [0.25, 0.3) is 0 Å². The van der Waals surface area contributed by atoms with Crippen LogP contribution in [-0.2, 0) is 6.54 Å². The average molecular weight is 239 g/mol. The summed E-state index contributed by atoms with van der Waals surface area (Å²) in [5.41, 5.74) is 0. The van der Waals surface area contributed by atoms with Gasteiger partial charge in [-0.25, -0.2) is 0 Å². The molecule has 5 nitrogen and oxygen atoms in total. The van der Waals surface area contributed by atoms with Crippen LogP contribution in [0, 0.1) is 6.92 Å². The van der Waals surface area contributed by atoms with Gasteiger partial charge in [0.05, 0.1) is 12.7 Å². The van der Waals surface area contributed by atoms with E-state index in [-0.39, 0.29) is 5.28 Å². The molecule has 0 saturated carbocycles. The Morgan fingerprint density at radius 1 is 1.44 bits per heavy atom. The summed E-state index contributed by atoms with van der Waals surface area (Å²) in [5, 5.41) is 7.46. The van der Waals surface area contributed by atoms with E-state index in [4.69, 9.17) is 16.0 Å². The highest BCUT2D eigenvalue weighted by atomic mass is 35.5. The van der Waals surface area contributed by atoms with Gasteiger partial charge in [-0.1, -0.05) is 0 Å². The largest absolute Gasteiger partial charge is 0.464 e. The van der Waals surface area contributed by atoms with Crippen molar-refractivity contribution in [1.82, 2.24) is 15.2 Å². The molecule has 0 spiro atoms. The fourth-order valence-corrected chi connectivity index (χ4v) is 1.47. The summed E-state index contributed by atoms with van der Waals surface area (Å²) in [6.07, 6.45) is 1.56. The Kier molecular flexibility index (Phi) is 3.05. The molecule has 0 amide bonds. The van der Waals surface area contributed by atoms with Crippen molar-refractivity contribution < 1.29 is 4.42 Å². The van der Waals surface area contributed by atoms with Crippen LogP contribution in [0.5, 0.6) is 0 Å². The summed E-state index contributed by atoms with van der Waals surface area (Å²) in [6, 6.07) is 3.86. The predicted molar refractivity (Wildman–Crippen MR) is 60.4 cm³/mol. The van der Waals surface area contributed by atoms with Crippen LogP contribution in [0.3, 0.4) is 0 Å². The fourth-order valence-electron chi connectivity index (χ4n) is 1.34. The van der Waals surface area contributed by atoms with Crippen molar-refractivity contribution in [1.29, 1.82) is 0 Å². The molecule has 0 aliphatic rings. The Morgan fingerprint density at radius 3 is 2.88 bits per heavy atom. The fraction of sp³-hybridized carbons (Fsp3) is 0.300. The van der Waals surface area contributed by atoms with Crippen molar-refractivity contribution in [2.45, 2.75) is 13.5 Å². The van der Waals surface area contributed by atoms with Crippen molar-refractivity contribution in [2.75, 3.05) is 11.9 Å². The monoisotopic (exact) mass is 238 g/mol. The number of hydrogen-bond acceptors (Lipinski definition) is 5. The maximum atomic E-state index is 5.66. The van der Waals surface area contributed by atoms with Gasteiger partial charge in [-0.2, -0.15) is 10.1 Å². The van der Waals surface area contributed by atoms with Crippen molar-refractivity contribution in [3.63, 3.8) is 0 Å². The lowest BCUT2D eigenvalue weighted by Gasteiger charge is -2.15. The maximum absolute atomic E-state index is 5.66. The Hall–Kier alpha value is -1.62. The summed E-state index contributed by atoms with van der Waals surface area (Å²) < 4.78 is 5.47. The van der Waals surface area contributed by atoms with E-state index in [1.54, 1.807) is 6.20 Å². The number of halogens is 1. The second-order valence-corrected chi connectivity index (χ2v) is 3.79. The van der Waals surface area contributed by atoms with Crippen LogP contribution in [0.4, 0.5) is 5.82 Å². The maximum Gasteiger partial charge on any atom is 0.244 e. The molecule has 0 saturated heterocycles. The predicted octanol–water partition coefficient (Wildman–Crippen LogP) is 2.06. The number of furan rings is 1. The van der Waals surface area contributed by atoms with Crippen LogP contribution < -0.4 is 4.90 Å². The Morgan fingerprint density at radius 2 is 2.25 bits per heavy atom. The number of nitrogens with zero attached hydrogens (tertiary/aromatic N) is 4.